The first-order valence-corrected chi connectivity index (χ1v) is 9.08. The molecule has 7 nitrogen and oxygen atoms in total. The minimum Gasteiger partial charge on any atom is -0.495 e. The maximum Gasteiger partial charge on any atom is 0.248 e. The van der Waals surface area contributed by atoms with E-state index in [1.54, 1.807) is 12.1 Å². The highest BCUT2D eigenvalue weighted by molar-refractivity contribution is 6.32. The fourth-order valence-corrected chi connectivity index (χ4v) is 3.25. The average Bonchev–Trinajstić information content (AvgIpc) is 3.10. The van der Waals surface area contributed by atoms with Crippen LogP contribution in [0.4, 0.5) is 5.69 Å². The third-order valence-electron chi connectivity index (χ3n) is 4.49. The Morgan fingerprint density at radius 3 is 2.57 bits per heavy atom. The molecule has 1 heterocycles. The number of methoxy groups -OCH3 is 2. The molecule has 1 N–H and O–H groups in total. The van der Waals surface area contributed by atoms with Crippen LogP contribution in [0.1, 0.15) is 12.0 Å². The molecule has 1 atom stereocenters. The first-order valence-electron chi connectivity index (χ1n) is 8.71. The minimum absolute atomic E-state index is 0.0767. The molecule has 28 heavy (non-hydrogen) atoms. The third-order valence-corrected chi connectivity index (χ3v) is 4.79. The fraction of sp³-hybridized carbons (Fsp3) is 0.300. The number of benzene rings is 2. The summed E-state index contributed by atoms with van der Waals surface area (Å²) < 4.78 is 10.5. The van der Waals surface area contributed by atoms with Crippen molar-refractivity contribution in [1.29, 1.82) is 0 Å². The fourth-order valence-electron chi connectivity index (χ4n) is 3.02. The van der Waals surface area contributed by atoms with Gasteiger partial charge >= 0.3 is 0 Å². The Balaban J connectivity index is 1.65. The lowest BCUT2D eigenvalue weighted by Gasteiger charge is -2.21. The van der Waals surface area contributed by atoms with Gasteiger partial charge in [0.25, 0.3) is 0 Å². The Morgan fingerprint density at radius 1 is 1.18 bits per heavy atom. The van der Waals surface area contributed by atoms with E-state index in [1.807, 2.05) is 30.3 Å². The quantitative estimate of drug-likeness (QED) is 0.718. The molecule has 1 aliphatic rings. The van der Waals surface area contributed by atoms with Gasteiger partial charge in [0.15, 0.2) is 0 Å². The van der Waals surface area contributed by atoms with Crippen molar-refractivity contribution in [2.24, 2.45) is 5.92 Å². The smallest absolute Gasteiger partial charge is 0.248 e. The molecule has 0 saturated carbocycles. The number of anilines is 1. The normalized spacial score (nSPS) is 16.2. The molecule has 1 fully saturated rings. The number of carbonyl (C=O) groups excluding carboxylic acids is 2. The number of ether oxygens (including phenoxy) is 2. The molecule has 148 valence electrons. The molecule has 0 spiro atoms. The molecular weight excluding hydrogens is 384 g/mol. The zero-order valence-corrected chi connectivity index (χ0v) is 16.4. The highest BCUT2D eigenvalue weighted by Crippen LogP contribution is 2.40. The molecule has 0 aromatic heterocycles. The number of hydroxylamine groups is 1. The van der Waals surface area contributed by atoms with Crippen LogP contribution >= 0.6 is 11.6 Å². The maximum absolute atomic E-state index is 12.5. The van der Waals surface area contributed by atoms with Crippen LogP contribution in [0.25, 0.3) is 0 Å². The van der Waals surface area contributed by atoms with Gasteiger partial charge in [0.1, 0.15) is 11.5 Å². The predicted molar refractivity (Wildman–Crippen MR) is 104 cm³/mol. The summed E-state index contributed by atoms with van der Waals surface area (Å²) in [6.45, 7) is 0.456. The van der Waals surface area contributed by atoms with Crippen LogP contribution in [-0.2, 0) is 21.0 Å². The van der Waals surface area contributed by atoms with Crippen LogP contribution in [0.3, 0.4) is 0 Å². The van der Waals surface area contributed by atoms with Gasteiger partial charge in [0.2, 0.25) is 11.8 Å². The largest absolute Gasteiger partial charge is 0.495 e. The number of hydrogen-bond donors (Lipinski definition) is 1. The molecule has 0 bridgehead atoms. The molecule has 3 rings (SSSR count). The zero-order valence-electron chi connectivity index (χ0n) is 15.6. The predicted octanol–water partition coefficient (Wildman–Crippen LogP) is 2.96. The van der Waals surface area contributed by atoms with E-state index in [0.29, 0.717) is 22.2 Å². The molecule has 1 unspecified atom stereocenters. The van der Waals surface area contributed by atoms with Gasteiger partial charge in [0.05, 0.1) is 37.5 Å². The first kappa shape index (κ1) is 20.0. The summed E-state index contributed by atoms with van der Waals surface area (Å²) in [5, 5.41) is 0.352. The van der Waals surface area contributed by atoms with Gasteiger partial charge in [-0.2, -0.15) is 0 Å². The van der Waals surface area contributed by atoms with Crippen LogP contribution in [0.5, 0.6) is 11.5 Å². The van der Waals surface area contributed by atoms with Gasteiger partial charge in [-0.3, -0.25) is 14.4 Å². The van der Waals surface area contributed by atoms with E-state index in [-0.39, 0.29) is 31.4 Å². The lowest BCUT2D eigenvalue weighted by molar-refractivity contribution is -0.138. The number of nitrogens with zero attached hydrogens (tertiary/aromatic N) is 1. The SMILES string of the molecule is COc1cc(OC)c(N2CC(C(=O)NOCc3ccccc3)CC2=O)cc1Cl. The maximum atomic E-state index is 12.5. The van der Waals surface area contributed by atoms with E-state index >= 15 is 0 Å². The van der Waals surface area contributed by atoms with Crippen molar-refractivity contribution in [3.8, 4) is 11.5 Å². The van der Waals surface area contributed by atoms with Gasteiger partial charge in [-0.05, 0) is 11.6 Å². The molecule has 1 aliphatic heterocycles. The highest BCUT2D eigenvalue weighted by atomic mass is 35.5. The summed E-state index contributed by atoms with van der Waals surface area (Å²) >= 11 is 6.19. The van der Waals surface area contributed by atoms with E-state index in [1.165, 1.54) is 19.1 Å². The van der Waals surface area contributed by atoms with Crippen molar-refractivity contribution in [2.75, 3.05) is 25.7 Å². The van der Waals surface area contributed by atoms with Gasteiger partial charge in [0, 0.05) is 19.0 Å². The van der Waals surface area contributed by atoms with Crippen molar-refractivity contribution in [3.05, 3.63) is 53.1 Å². The van der Waals surface area contributed by atoms with Crippen molar-refractivity contribution in [2.45, 2.75) is 13.0 Å². The van der Waals surface area contributed by atoms with Crippen molar-refractivity contribution < 1.29 is 23.9 Å². The number of halogens is 1. The summed E-state index contributed by atoms with van der Waals surface area (Å²) in [4.78, 5) is 31.6. The molecular formula is C20H21ClN2O5. The summed E-state index contributed by atoms with van der Waals surface area (Å²) in [5.41, 5.74) is 3.86. The van der Waals surface area contributed by atoms with Gasteiger partial charge in [-0.25, -0.2) is 5.48 Å². The Labute approximate surface area is 168 Å². The van der Waals surface area contributed by atoms with Gasteiger partial charge in [-0.15, -0.1) is 0 Å². The second-order valence-corrected chi connectivity index (χ2v) is 6.71. The lowest BCUT2D eigenvalue weighted by Crippen LogP contribution is -2.33. The molecule has 2 aromatic carbocycles. The summed E-state index contributed by atoms with van der Waals surface area (Å²) in [7, 11) is 2.99. The monoisotopic (exact) mass is 404 g/mol. The van der Waals surface area contributed by atoms with Crippen LogP contribution in [0.15, 0.2) is 42.5 Å². The lowest BCUT2D eigenvalue weighted by atomic mass is 10.1. The van der Waals surface area contributed by atoms with Crippen LogP contribution < -0.4 is 19.9 Å². The summed E-state index contributed by atoms with van der Waals surface area (Å²) in [6.07, 6.45) is 0.0767. The second-order valence-electron chi connectivity index (χ2n) is 6.30. The van der Waals surface area contributed by atoms with Crippen molar-refractivity contribution >= 4 is 29.1 Å². The van der Waals surface area contributed by atoms with Crippen molar-refractivity contribution in [3.63, 3.8) is 0 Å². The molecule has 0 aliphatic carbocycles. The van der Waals surface area contributed by atoms with Crippen LogP contribution in [0.2, 0.25) is 5.02 Å². The molecule has 8 heteroatoms. The summed E-state index contributed by atoms with van der Waals surface area (Å²) in [5.74, 6) is -0.185. The van der Waals surface area contributed by atoms with Crippen molar-refractivity contribution in [1.82, 2.24) is 5.48 Å². The zero-order chi connectivity index (χ0) is 20.1. The van der Waals surface area contributed by atoms with E-state index in [9.17, 15) is 9.59 Å². The van der Waals surface area contributed by atoms with Gasteiger partial charge < -0.3 is 14.4 Å². The van der Waals surface area contributed by atoms with Gasteiger partial charge in [-0.1, -0.05) is 41.9 Å². The number of carbonyl (C=O) groups is 2. The van der Waals surface area contributed by atoms with Crippen LogP contribution in [-0.4, -0.2) is 32.6 Å². The molecule has 0 radical (unpaired) electrons. The van der Waals surface area contributed by atoms with E-state index in [0.717, 1.165) is 5.56 Å². The van der Waals surface area contributed by atoms with E-state index in [2.05, 4.69) is 5.48 Å². The number of hydrogen-bond acceptors (Lipinski definition) is 5. The second kappa shape index (κ2) is 8.95. The average molecular weight is 405 g/mol. The highest BCUT2D eigenvalue weighted by Gasteiger charge is 2.36. The number of rotatable bonds is 7. The molecule has 1 saturated heterocycles. The Hall–Kier alpha value is -2.77. The third kappa shape index (κ3) is 4.37. The minimum atomic E-state index is -0.533. The standard InChI is InChI=1S/C20H21ClN2O5/c1-26-17-10-18(27-2)16(9-15(17)21)23-11-14(8-19(23)24)20(25)22-28-12-13-6-4-3-5-7-13/h3-7,9-10,14H,8,11-12H2,1-2H3,(H,22,25). The molecule has 2 amide bonds. The number of amides is 2. The van der Waals surface area contributed by atoms with E-state index in [4.69, 9.17) is 25.9 Å². The topological polar surface area (TPSA) is 77.1 Å². The van der Waals surface area contributed by atoms with Crippen LogP contribution in [0, 0.1) is 5.92 Å². The molecule has 2 aromatic rings. The summed E-state index contributed by atoms with van der Waals surface area (Å²) in [6, 6.07) is 12.7. The first-order chi connectivity index (χ1) is 13.5. The number of nitrogens with one attached hydrogen (secondary N) is 1. The Kier molecular flexibility index (Phi) is 6.38. The Bertz CT molecular complexity index is 859. The Morgan fingerprint density at radius 2 is 1.89 bits per heavy atom. The van der Waals surface area contributed by atoms with E-state index < -0.39 is 5.92 Å².